The van der Waals surface area contributed by atoms with Crippen molar-refractivity contribution in [1.82, 2.24) is 0 Å². The summed E-state index contributed by atoms with van der Waals surface area (Å²) in [5, 5.41) is 0. The summed E-state index contributed by atoms with van der Waals surface area (Å²) in [4.78, 5) is 0. The Morgan fingerprint density at radius 3 is 2.47 bits per heavy atom. The van der Waals surface area contributed by atoms with Gasteiger partial charge in [-0.15, -0.1) is 0 Å². The molecule has 0 bridgehead atoms. The molecular weight excluding hydrogens is 214 g/mol. The molecule has 0 aliphatic carbocycles. The van der Waals surface area contributed by atoms with Crippen molar-refractivity contribution in [3.8, 4) is 0 Å². The van der Waals surface area contributed by atoms with E-state index in [4.69, 9.17) is 4.65 Å². The van der Waals surface area contributed by atoms with Crippen molar-refractivity contribution in [3.63, 3.8) is 0 Å². The molecule has 84 valence electrons. The van der Waals surface area contributed by atoms with Gasteiger partial charge in [0.1, 0.15) is 5.82 Å². The standard InChI is InChI=1S/C14H12BFO/c16-14-8-4-3-7-13(14)15-12-6-2-1-5-11(12)9-10-17-15/h1-8H,9-10H2. The maximum atomic E-state index is 13.8. The van der Waals surface area contributed by atoms with E-state index in [1.807, 2.05) is 24.3 Å². The zero-order chi connectivity index (χ0) is 11.7. The summed E-state index contributed by atoms with van der Waals surface area (Å²) in [5.74, 6) is -0.200. The van der Waals surface area contributed by atoms with Crippen LogP contribution < -0.4 is 10.9 Å². The van der Waals surface area contributed by atoms with Crippen LogP contribution in [-0.2, 0) is 11.1 Å². The van der Waals surface area contributed by atoms with Gasteiger partial charge in [0.05, 0.1) is 0 Å². The lowest BCUT2D eigenvalue weighted by molar-refractivity contribution is 0.330. The molecule has 0 radical (unpaired) electrons. The van der Waals surface area contributed by atoms with E-state index < -0.39 is 0 Å². The lowest BCUT2D eigenvalue weighted by Crippen LogP contribution is -2.51. The lowest BCUT2D eigenvalue weighted by Gasteiger charge is -2.23. The van der Waals surface area contributed by atoms with Crippen molar-refractivity contribution in [2.75, 3.05) is 6.61 Å². The van der Waals surface area contributed by atoms with Crippen LogP contribution in [0.25, 0.3) is 0 Å². The van der Waals surface area contributed by atoms with Gasteiger partial charge in [-0.2, -0.15) is 0 Å². The second-order valence-corrected chi connectivity index (χ2v) is 4.22. The normalized spacial score (nSPS) is 14.5. The molecule has 3 rings (SSSR count). The molecule has 3 heteroatoms. The molecule has 0 aromatic heterocycles. The van der Waals surface area contributed by atoms with Crippen molar-refractivity contribution in [2.45, 2.75) is 6.42 Å². The van der Waals surface area contributed by atoms with Crippen LogP contribution in [0.3, 0.4) is 0 Å². The van der Waals surface area contributed by atoms with Gasteiger partial charge in [-0.1, -0.05) is 42.5 Å². The molecule has 2 aromatic rings. The van der Waals surface area contributed by atoms with Crippen LogP contribution >= 0.6 is 0 Å². The summed E-state index contributed by atoms with van der Waals surface area (Å²) in [6, 6.07) is 14.9. The van der Waals surface area contributed by atoms with Crippen molar-refractivity contribution in [3.05, 3.63) is 59.9 Å². The summed E-state index contributed by atoms with van der Waals surface area (Å²) in [6.07, 6.45) is 0.904. The van der Waals surface area contributed by atoms with Gasteiger partial charge in [-0.05, 0) is 29.0 Å². The van der Waals surface area contributed by atoms with Gasteiger partial charge < -0.3 is 4.65 Å². The molecule has 0 N–H and O–H groups in total. The minimum atomic E-state index is -0.263. The molecule has 0 amide bonds. The summed E-state index contributed by atoms with van der Waals surface area (Å²) in [5.41, 5.74) is 2.97. The van der Waals surface area contributed by atoms with Crippen LogP contribution in [0.2, 0.25) is 0 Å². The van der Waals surface area contributed by atoms with E-state index in [-0.39, 0.29) is 12.7 Å². The van der Waals surface area contributed by atoms with Crippen molar-refractivity contribution >= 4 is 17.8 Å². The molecule has 1 heterocycles. The fraction of sp³-hybridized carbons (Fsp3) is 0.143. The Balaban J connectivity index is 2.09. The van der Waals surface area contributed by atoms with E-state index in [1.54, 1.807) is 12.1 Å². The topological polar surface area (TPSA) is 9.23 Å². The largest absolute Gasteiger partial charge is 0.426 e. The third-order valence-corrected chi connectivity index (χ3v) is 3.18. The van der Waals surface area contributed by atoms with Crippen LogP contribution in [0.4, 0.5) is 4.39 Å². The van der Waals surface area contributed by atoms with E-state index in [9.17, 15) is 4.39 Å². The zero-order valence-electron chi connectivity index (χ0n) is 9.40. The highest BCUT2D eigenvalue weighted by Crippen LogP contribution is 2.08. The number of hydrogen-bond acceptors (Lipinski definition) is 1. The first-order chi connectivity index (χ1) is 8.36. The third-order valence-electron chi connectivity index (χ3n) is 3.18. The van der Waals surface area contributed by atoms with Crippen molar-refractivity contribution in [2.24, 2.45) is 0 Å². The van der Waals surface area contributed by atoms with Crippen LogP contribution in [0, 0.1) is 5.82 Å². The number of benzene rings is 2. The Bertz CT molecular complexity index is 541. The third kappa shape index (κ3) is 1.87. The highest BCUT2D eigenvalue weighted by atomic mass is 19.1. The minimum Gasteiger partial charge on any atom is -0.426 e. The smallest absolute Gasteiger partial charge is 0.364 e. The molecular formula is C14H12BFO. The Labute approximate surface area is 100 Å². The Kier molecular flexibility index (Phi) is 2.69. The highest BCUT2D eigenvalue weighted by molar-refractivity contribution is 6.80. The second kappa shape index (κ2) is 4.34. The predicted octanol–water partition coefficient (Wildman–Crippen LogP) is 1.50. The minimum absolute atomic E-state index is 0.200. The van der Waals surface area contributed by atoms with E-state index in [0.29, 0.717) is 12.1 Å². The van der Waals surface area contributed by atoms with Crippen LogP contribution in [-0.4, -0.2) is 13.5 Å². The Morgan fingerprint density at radius 2 is 1.65 bits per heavy atom. The maximum Gasteiger partial charge on any atom is 0.364 e. The molecule has 1 nitrogen and oxygen atoms in total. The summed E-state index contributed by atoms with van der Waals surface area (Å²) in [6.45, 7) is 0.386. The quantitative estimate of drug-likeness (QED) is 0.669. The first-order valence-electron chi connectivity index (χ1n) is 5.80. The van der Waals surface area contributed by atoms with Gasteiger partial charge >= 0.3 is 6.92 Å². The van der Waals surface area contributed by atoms with E-state index in [2.05, 4.69) is 6.07 Å². The molecule has 0 saturated heterocycles. The summed E-state index contributed by atoms with van der Waals surface area (Å²) >= 11 is 0. The molecule has 0 saturated carbocycles. The van der Waals surface area contributed by atoms with Crippen LogP contribution in [0.5, 0.6) is 0 Å². The van der Waals surface area contributed by atoms with Gasteiger partial charge in [0.2, 0.25) is 0 Å². The SMILES string of the molecule is Fc1ccccc1B1OCCc2ccccc21. The van der Waals surface area contributed by atoms with E-state index >= 15 is 0 Å². The number of fused-ring (bicyclic) bond motifs is 1. The molecule has 2 aromatic carbocycles. The van der Waals surface area contributed by atoms with Crippen LogP contribution in [0.15, 0.2) is 48.5 Å². The van der Waals surface area contributed by atoms with E-state index in [0.717, 1.165) is 11.9 Å². The maximum absolute atomic E-state index is 13.8. The number of hydrogen-bond donors (Lipinski definition) is 0. The highest BCUT2D eigenvalue weighted by Gasteiger charge is 2.29. The summed E-state index contributed by atoms with van der Waals surface area (Å²) in [7, 11) is 0. The Morgan fingerprint density at radius 1 is 0.941 bits per heavy atom. The predicted molar refractivity (Wildman–Crippen MR) is 67.5 cm³/mol. The number of halogens is 1. The molecule has 17 heavy (non-hydrogen) atoms. The first-order valence-corrected chi connectivity index (χ1v) is 5.80. The second-order valence-electron chi connectivity index (χ2n) is 4.22. The van der Waals surface area contributed by atoms with Gasteiger partial charge in [0.25, 0.3) is 0 Å². The average molecular weight is 226 g/mol. The van der Waals surface area contributed by atoms with Gasteiger partial charge in [-0.25, -0.2) is 4.39 Å². The van der Waals surface area contributed by atoms with E-state index in [1.165, 1.54) is 11.6 Å². The summed E-state index contributed by atoms with van der Waals surface area (Å²) < 4.78 is 19.5. The average Bonchev–Trinajstić information content (AvgIpc) is 2.39. The fourth-order valence-electron chi connectivity index (χ4n) is 2.34. The molecule has 1 aliphatic heterocycles. The van der Waals surface area contributed by atoms with Gasteiger partial charge in [0.15, 0.2) is 0 Å². The zero-order valence-corrected chi connectivity index (χ0v) is 9.40. The first kappa shape index (κ1) is 10.5. The molecule has 0 atom stereocenters. The van der Waals surface area contributed by atoms with Crippen molar-refractivity contribution < 1.29 is 9.04 Å². The van der Waals surface area contributed by atoms with Gasteiger partial charge in [-0.3, -0.25) is 0 Å². The molecule has 1 aliphatic rings. The monoisotopic (exact) mass is 226 g/mol. The lowest BCUT2D eigenvalue weighted by atomic mass is 9.52. The Hall–Kier alpha value is -1.61. The molecule has 0 unspecified atom stereocenters. The van der Waals surface area contributed by atoms with Crippen molar-refractivity contribution in [1.29, 1.82) is 0 Å². The van der Waals surface area contributed by atoms with Crippen LogP contribution in [0.1, 0.15) is 5.56 Å². The molecule has 0 spiro atoms. The fourth-order valence-corrected chi connectivity index (χ4v) is 2.34. The molecule has 0 fully saturated rings. The van der Waals surface area contributed by atoms with Gasteiger partial charge in [0, 0.05) is 6.61 Å². The number of rotatable bonds is 1.